The van der Waals surface area contributed by atoms with Crippen LogP contribution in [0.5, 0.6) is 0 Å². The van der Waals surface area contributed by atoms with Gasteiger partial charge in [0.05, 0.1) is 6.54 Å². The maximum atomic E-state index is 15.0. The second kappa shape index (κ2) is 10.6. The van der Waals surface area contributed by atoms with Crippen molar-refractivity contribution in [3.63, 3.8) is 0 Å². The fourth-order valence-electron chi connectivity index (χ4n) is 3.47. The zero-order valence-electron chi connectivity index (χ0n) is 17.8. The Bertz CT molecular complexity index is 1200. The van der Waals surface area contributed by atoms with E-state index in [0.29, 0.717) is 36.7 Å². The van der Waals surface area contributed by atoms with E-state index in [0.717, 1.165) is 6.07 Å². The van der Waals surface area contributed by atoms with Crippen LogP contribution in [0.3, 0.4) is 0 Å². The molecule has 178 valence electrons. The van der Waals surface area contributed by atoms with Crippen LogP contribution in [0.1, 0.15) is 17.9 Å². The average molecular weight is 491 g/mol. The average Bonchev–Trinajstić information content (AvgIpc) is 3.35. The van der Waals surface area contributed by atoms with Gasteiger partial charge in [-0.3, -0.25) is 9.69 Å². The Hall–Kier alpha value is -3.54. The summed E-state index contributed by atoms with van der Waals surface area (Å²) in [4.78, 5) is 27.1. The molecule has 1 aliphatic heterocycles. The zero-order chi connectivity index (χ0) is 24.1. The summed E-state index contributed by atoms with van der Waals surface area (Å²) in [6, 6.07) is 12.6. The number of hydrogen-bond donors (Lipinski definition) is 0. The van der Waals surface area contributed by atoms with Gasteiger partial charge in [-0.2, -0.15) is 13.1 Å². The number of rotatable bonds is 6. The highest BCUT2D eigenvalue weighted by molar-refractivity contribution is 7.87. The van der Waals surface area contributed by atoms with Crippen LogP contribution in [-0.2, 0) is 22.0 Å². The molecule has 0 radical (unpaired) electrons. The van der Waals surface area contributed by atoms with Crippen molar-refractivity contribution in [1.29, 1.82) is 0 Å². The number of anilines is 1. The lowest BCUT2D eigenvalue weighted by Gasteiger charge is -2.33. The van der Waals surface area contributed by atoms with Gasteiger partial charge < -0.3 is 9.32 Å². The number of urea groups is 1. The fraction of sp³-hybridized carbons (Fsp3) is 0.273. The SMILES string of the molecule is O=CN=S1CCN(C(=O)N(Cc2ccc(-c3nnc(C(F)F)o3)cc2F)c2ccccc2)CC1. The highest BCUT2D eigenvalue weighted by Gasteiger charge is 2.26. The monoisotopic (exact) mass is 491 g/mol. The van der Waals surface area contributed by atoms with Crippen LogP contribution in [0, 0.1) is 5.82 Å². The summed E-state index contributed by atoms with van der Waals surface area (Å²) in [5.74, 6) is -0.512. The van der Waals surface area contributed by atoms with Gasteiger partial charge in [-0.05, 0) is 24.3 Å². The van der Waals surface area contributed by atoms with Crippen molar-refractivity contribution in [2.24, 2.45) is 4.36 Å². The number of hydrogen-bond acceptors (Lipinski definition) is 5. The molecule has 0 bridgehead atoms. The van der Waals surface area contributed by atoms with E-state index in [1.807, 2.05) is 6.07 Å². The Morgan fingerprint density at radius 1 is 1.18 bits per heavy atom. The van der Waals surface area contributed by atoms with Crippen LogP contribution in [0.25, 0.3) is 11.5 Å². The first-order valence-electron chi connectivity index (χ1n) is 10.3. The third kappa shape index (κ3) is 5.33. The molecule has 1 aliphatic rings. The molecule has 2 heterocycles. The Balaban J connectivity index is 1.56. The van der Waals surface area contributed by atoms with Gasteiger partial charge in [0.25, 0.3) is 5.89 Å². The molecule has 0 atom stereocenters. The molecule has 0 N–H and O–H groups in total. The quantitative estimate of drug-likeness (QED) is 0.482. The largest absolute Gasteiger partial charge is 0.415 e. The Kier molecular flexibility index (Phi) is 7.36. The van der Waals surface area contributed by atoms with Crippen molar-refractivity contribution in [3.05, 3.63) is 65.8 Å². The number of carbonyl (C=O) groups excluding carboxylic acids is 2. The summed E-state index contributed by atoms with van der Waals surface area (Å²) in [6.07, 6.45) is -2.38. The van der Waals surface area contributed by atoms with E-state index in [1.165, 1.54) is 17.0 Å². The maximum absolute atomic E-state index is 15.0. The Morgan fingerprint density at radius 3 is 2.53 bits per heavy atom. The van der Waals surface area contributed by atoms with Gasteiger partial charge in [0.1, 0.15) is 5.82 Å². The second-order valence-corrected chi connectivity index (χ2v) is 9.28. The van der Waals surface area contributed by atoms with Crippen LogP contribution in [-0.4, -0.2) is 52.1 Å². The molecule has 4 rings (SSSR count). The van der Waals surface area contributed by atoms with E-state index in [1.54, 1.807) is 29.2 Å². The predicted molar refractivity (Wildman–Crippen MR) is 120 cm³/mol. The normalized spacial score (nSPS) is 14.3. The zero-order valence-corrected chi connectivity index (χ0v) is 18.6. The molecule has 0 unspecified atom stereocenters. The molecule has 34 heavy (non-hydrogen) atoms. The van der Waals surface area contributed by atoms with Crippen LogP contribution in [0.15, 0.2) is 57.3 Å². The van der Waals surface area contributed by atoms with Crippen molar-refractivity contribution in [3.8, 4) is 11.5 Å². The first-order chi connectivity index (χ1) is 16.5. The van der Waals surface area contributed by atoms with Crippen molar-refractivity contribution in [1.82, 2.24) is 15.1 Å². The molecule has 0 aliphatic carbocycles. The fourth-order valence-corrected chi connectivity index (χ4v) is 4.87. The minimum Gasteiger partial charge on any atom is -0.415 e. The Labute approximate surface area is 195 Å². The molecule has 1 aromatic heterocycles. The summed E-state index contributed by atoms with van der Waals surface area (Å²) >= 11 is 0. The highest BCUT2D eigenvalue weighted by atomic mass is 32.2. The number of nitrogens with zero attached hydrogens (tertiary/aromatic N) is 5. The lowest BCUT2D eigenvalue weighted by molar-refractivity contribution is -0.106. The van der Waals surface area contributed by atoms with E-state index >= 15 is 0 Å². The number of para-hydroxylation sites is 1. The van der Waals surface area contributed by atoms with E-state index in [2.05, 4.69) is 14.6 Å². The topological polar surface area (TPSA) is 91.9 Å². The molecule has 8 nitrogen and oxygen atoms in total. The number of carbonyl (C=O) groups is 2. The molecule has 0 saturated carbocycles. The molecule has 12 heteroatoms. The van der Waals surface area contributed by atoms with Crippen molar-refractivity contribution >= 4 is 28.8 Å². The van der Waals surface area contributed by atoms with Crippen molar-refractivity contribution in [2.45, 2.75) is 13.0 Å². The molecule has 1 fully saturated rings. The van der Waals surface area contributed by atoms with Gasteiger partial charge >= 0.3 is 12.5 Å². The highest BCUT2D eigenvalue weighted by Crippen LogP contribution is 2.26. The lowest BCUT2D eigenvalue weighted by Crippen LogP contribution is -2.48. The van der Waals surface area contributed by atoms with Crippen LogP contribution in [0.4, 0.5) is 23.7 Å². The number of aromatic nitrogens is 2. The molecule has 2 aromatic carbocycles. The molecule has 0 spiro atoms. The van der Waals surface area contributed by atoms with Gasteiger partial charge in [-0.15, -0.1) is 10.2 Å². The van der Waals surface area contributed by atoms with Gasteiger partial charge in [0.2, 0.25) is 12.3 Å². The van der Waals surface area contributed by atoms with E-state index in [4.69, 9.17) is 4.42 Å². The second-order valence-electron chi connectivity index (χ2n) is 7.33. The third-order valence-electron chi connectivity index (χ3n) is 5.21. The van der Waals surface area contributed by atoms with E-state index < -0.39 is 18.1 Å². The van der Waals surface area contributed by atoms with E-state index in [9.17, 15) is 22.8 Å². The smallest absolute Gasteiger partial charge is 0.324 e. The Morgan fingerprint density at radius 2 is 1.91 bits per heavy atom. The van der Waals surface area contributed by atoms with Gasteiger partial charge in [-0.25, -0.2) is 9.18 Å². The number of alkyl halides is 2. The lowest BCUT2D eigenvalue weighted by atomic mass is 10.1. The summed E-state index contributed by atoms with van der Waals surface area (Å²) < 4.78 is 49.2. The summed E-state index contributed by atoms with van der Waals surface area (Å²) in [5, 5.41) is 6.78. The molecule has 1 saturated heterocycles. The maximum Gasteiger partial charge on any atom is 0.324 e. The molecule has 3 aromatic rings. The first-order valence-corrected chi connectivity index (χ1v) is 11.8. The van der Waals surface area contributed by atoms with Crippen molar-refractivity contribution in [2.75, 3.05) is 29.5 Å². The van der Waals surface area contributed by atoms with E-state index in [-0.39, 0.29) is 40.3 Å². The van der Waals surface area contributed by atoms with Crippen LogP contribution >= 0.6 is 0 Å². The van der Waals surface area contributed by atoms with Crippen LogP contribution in [0.2, 0.25) is 0 Å². The standard InChI is InChI=1S/C22H20F3N5O3S/c23-18-12-15(20-27-28-21(33-20)19(24)25)6-7-16(18)13-30(17-4-2-1-3-5-17)22(32)29-8-10-34(11-9-29)26-14-31/h1-7,12,14,19H,8-11,13H2. The molecule has 3 amide bonds. The minimum absolute atomic E-state index is 0.0536. The minimum atomic E-state index is -2.92. The molecular formula is C22H20F3N5O3S. The first kappa shape index (κ1) is 23.6. The number of benzene rings is 2. The van der Waals surface area contributed by atoms with Gasteiger partial charge in [0.15, 0.2) is 0 Å². The number of halogens is 3. The van der Waals surface area contributed by atoms with Gasteiger partial charge in [-0.1, -0.05) is 35.0 Å². The van der Waals surface area contributed by atoms with Gasteiger partial charge in [0, 0.05) is 41.4 Å². The summed E-state index contributed by atoms with van der Waals surface area (Å²) in [6.45, 7) is 0.823. The third-order valence-corrected chi connectivity index (χ3v) is 6.90. The summed E-state index contributed by atoms with van der Waals surface area (Å²) in [5.41, 5.74) is 0.971. The molecular weight excluding hydrogens is 471 g/mol. The predicted octanol–water partition coefficient (Wildman–Crippen LogP) is 4.21. The summed E-state index contributed by atoms with van der Waals surface area (Å²) in [7, 11) is -0.386. The van der Waals surface area contributed by atoms with Crippen molar-refractivity contribution < 1.29 is 27.2 Å². The number of amides is 3. The van der Waals surface area contributed by atoms with Crippen LogP contribution < -0.4 is 4.90 Å².